The molecule has 4 nitrogen and oxygen atoms in total. The van der Waals surface area contributed by atoms with Gasteiger partial charge in [0.2, 0.25) is 0 Å². The van der Waals surface area contributed by atoms with E-state index in [1.54, 1.807) is 7.11 Å². The standard InChI is InChI=1S/C11H20N2O2/c1-4-11(2,15-3)10(14)13-9-7-5-12-6-8(7)9/h7-9,12H,4-6H2,1-3H3,(H,13,14). The van der Waals surface area contributed by atoms with E-state index in [1.165, 1.54) is 0 Å². The molecule has 0 spiro atoms. The number of fused-ring (bicyclic) bond motifs is 1. The average Bonchev–Trinajstić information content (AvgIpc) is 2.71. The van der Waals surface area contributed by atoms with E-state index in [-0.39, 0.29) is 5.91 Å². The van der Waals surface area contributed by atoms with Crippen LogP contribution in [0.5, 0.6) is 0 Å². The van der Waals surface area contributed by atoms with Crippen molar-refractivity contribution in [3.63, 3.8) is 0 Å². The van der Waals surface area contributed by atoms with Gasteiger partial charge in [-0.05, 0) is 25.2 Å². The van der Waals surface area contributed by atoms with Crippen molar-refractivity contribution in [3.05, 3.63) is 0 Å². The summed E-state index contributed by atoms with van der Waals surface area (Å²) in [6.07, 6.45) is 0.704. The van der Waals surface area contributed by atoms with Gasteiger partial charge in [-0.2, -0.15) is 0 Å². The molecule has 0 aromatic carbocycles. The molecule has 15 heavy (non-hydrogen) atoms. The second-order valence-electron chi connectivity index (χ2n) is 4.77. The van der Waals surface area contributed by atoms with E-state index in [0.29, 0.717) is 24.3 Å². The van der Waals surface area contributed by atoms with Crippen LogP contribution in [0.3, 0.4) is 0 Å². The second kappa shape index (κ2) is 3.76. The lowest BCUT2D eigenvalue weighted by atomic mass is 10.0. The first-order valence-electron chi connectivity index (χ1n) is 5.69. The van der Waals surface area contributed by atoms with E-state index >= 15 is 0 Å². The highest BCUT2D eigenvalue weighted by atomic mass is 16.5. The van der Waals surface area contributed by atoms with Crippen LogP contribution in [0.25, 0.3) is 0 Å². The molecule has 1 aliphatic heterocycles. The Morgan fingerprint density at radius 3 is 2.60 bits per heavy atom. The summed E-state index contributed by atoms with van der Waals surface area (Å²) in [6.45, 7) is 5.91. The maximum absolute atomic E-state index is 12.0. The molecule has 2 N–H and O–H groups in total. The third-order valence-corrected chi connectivity index (χ3v) is 3.99. The molecule has 0 aromatic heterocycles. The van der Waals surface area contributed by atoms with Crippen molar-refractivity contribution in [3.8, 4) is 0 Å². The van der Waals surface area contributed by atoms with Crippen molar-refractivity contribution < 1.29 is 9.53 Å². The van der Waals surface area contributed by atoms with Gasteiger partial charge >= 0.3 is 0 Å². The lowest BCUT2D eigenvalue weighted by Crippen LogP contribution is -2.47. The van der Waals surface area contributed by atoms with Crippen molar-refractivity contribution in [1.82, 2.24) is 10.6 Å². The number of piperidine rings is 1. The zero-order chi connectivity index (χ0) is 11.1. The van der Waals surface area contributed by atoms with Crippen molar-refractivity contribution in [1.29, 1.82) is 0 Å². The number of hydrogen-bond acceptors (Lipinski definition) is 3. The fraction of sp³-hybridized carbons (Fsp3) is 0.909. The van der Waals surface area contributed by atoms with Crippen LogP contribution in [0, 0.1) is 11.8 Å². The summed E-state index contributed by atoms with van der Waals surface area (Å²) in [5.74, 6) is 1.35. The highest BCUT2D eigenvalue weighted by Crippen LogP contribution is 2.41. The van der Waals surface area contributed by atoms with Crippen LogP contribution in [0.2, 0.25) is 0 Å². The van der Waals surface area contributed by atoms with Gasteiger partial charge in [-0.25, -0.2) is 0 Å². The monoisotopic (exact) mass is 212 g/mol. The number of carbonyl (C=O) groups excluding carboxylic acids is 1. The Balaban J connectivity index is 1.87. The van der Waals surface area contributed by atoms with Crippen LogP contribution < -0.4 is 10.6 Å². The van der Waals surface area contributed by atoms with Crippen molar-refractivity contribution in [2.75, 3.05) is 20.2 Å². The van der Waals surface area contributed by atoms with Gasteiger partial charge in [-0.1, -0.05) is 6.92 Å². The summed E-state index contributed by atoms with van der Waals surface area (Å²) in [6, 6.07) is 0.389. The molecule has 3 unspecified atom stereocenters. The molecule has 0 aromatic rings. The Hall–Kier alpha value is -0.610. The van der Waals surface area contributed by atoms with Crippen molar-refractivity contribution in [2.45, 2.75) is 31.9 Å². The van der Waals surface area contributed by atoms with Gasteiger partial charge in [-0.15, -0.1) is 0 Å². The molecule has 1 saturated heterocycles. The first-order chi connectivity index (χ1) is 7.12. The van der Waals surface area contributed by atoms with Crippen LogP contribution in [0.1, 0.15) is 20.3 Å². The van der Waals surface area contributed by atoms with Crippen LogP contribution >= 0.6 is 0 Å². The lowest BCUT2D eigenvalue weighted by molar-refractivity contribution is -0.142. The third kappa shape index (κ3) is 1.76. The summed E-state index contributed by atoms with van der Waals surface area (Å²) < 4.78 is 5.27. The van der Waals surface area contributed by atoms with Crippen molar-refractivity contribution in [2.24, 2.45) is 11.8 Å². The molecular formula is C11H20N2O2. The number of rotatable bonds is 4. The molecular weight excluding hydrogens is 192 g/mol. The Kier molecular flexibility index (Phi) is 2.73. The summed E-state index contributed by atoms with van der Waals surface area (Å²) in [7, 11) is 1.60. The van der Waals surface area contributed by atoms with E-state index < -0.39 is 5.60 Å². The molecule has 1 heterocycles. The zero-order valence-corrected chi connectivity index (χ0v) is 9.67. The largest absolute Gasteiger partial charge is 0.369 e. The van der Waals surface area contributed by atoms with E-state index in [1.807, 2.05) is 13.8 Å². The lowest BCUT2D eigenvalue weighted by Gasteiger charge is -2.25. The molecule has 1 saturated carbocycles. The van der Waals surface area contributed by atoms with Gasteiger partial charge in [0.1, 0.15) is 5.60 Å². The topological polar surface area (TPSA) is 50.4 Å². The SMILES string of the molecule is CCC(C)(OC)C(=O)NC1C2CNCC21. The fourth-order valence-electron chi connectivity index (χ4n) is 2.33. The van der Waals surface area contributed by atoms with Gasteiger partial charge in [0.25, 0.3) is 5.91 Å². The van der Waals surface area contributed by atoms with E-state index in [2.05, 4.69) is 10.6 Å². The molecule has 2 aliphatic rings. The average molecular weight is 212 g/mol. The summed E-state index contributed by atoms with van der Waals surface area (Å²) in [5, 5.41) is 6.40. The van der Waals surface area contributed by atoms with Crippen LogP contribution in [-0.4, -0.2) is 37.7 Å². The summed E-state index contributed by atoms with van der Waals surface area (Å²) in [5.41, 5.74) is -0.662. The quantitative estimate of drug-likeness (QED) is 0.696. The first-order valence-corrected chi connectivity index (χ1v) is 5.69. The van der Waals surface area contributed by atoms with Gasteiger partial charge in [-0.3, -0.25) is 4.79 Å². The van der Waals surface area contributed by atoms with Crippen LogP contribution in [-0.2, 0) is 9.53 Å². The molecule has 2 rings (SSSR count). The van der Waals surface area contributed by atoms with Crippen LogP contribution in [0.4, 0.5) is 0 Å². The predicted molar refractivity (Wildman–Crippen MR) is 57.5 cm³/mol. The Morgan fingerprint density at radius 1 is 1.53 bits per heavy atom. The Morgan fingerprint density at radius 2 is 2.13 bits per heavy atom. The first kappa shape index (κ1) is 10.9. The van der Waals surface area contributed by atoms with Gasteiger partial charge in [0.05, 0.1) is 0 Å². The Bertz CT molecular complexity index is 253. The minimum Gasteiger partial charge on any atom is -0.369 e. The molecule has 2 fully saturated rings. The van der Waals surface area contributed by atoms with Gasteiger partial charge in [0.15, 0.2) is 0 Å². The Labute approximate surface area is 90.8 Å². The summed E-state index contributed by atoms with van der Waals surface area (Å²) >= 11 is 0. The molecule has 4 heteroatoms. The smallest absolute Gasteiger partial charge is 0.252 e. The third-order valence-electron chi connectivity index (χ3n) is 3.99. The minimum absolute atomic E-state index is 0.0342. The number of ether oxygens (including phenoxy) is 1. The number of carbonyl (C=O) groups is 1. The zero-order valence-electron chi connectivity index (χ0n) is 9.67. The maximum atomic E-state index is 12.0. The highest BCUT2D eigenvalue weighted by molar-refractivity contribution is 5.85. The van der Waals surface area contributed by atoms with E-state index in [4.69, 9.17) is 4.74 Å². The van der Waals surface area contributed by atoms with E-state index in [0.717, 1.165) is 13.1 Å². The maximum Gasteiger partial charge on any atom is 0.252 e. The molecule has 1 amide bonds. The molecule has 1 aliphatic carbocycles. The van der Waals surface area contributed by atoms with Crippen molar-refractivity contribution >= 4 is 5.91 Å². The molecule has 0 bridgehead atoms. The van der Waals surface area contributed by atoms with Crippen LogP contribution in [0.15, 0.2) is 0 Å². The normalized spacial score (nSPS) is 36.9. The summed E-state index contributed by atoms with van der Waals surface area (Å²) in [4.78, 5) is 12.0. The highest BCUT2D eigenvalue weighted by Gasteiger charge is 2.54. The predicted octanol–water partition coefficient (Wildman–Crippen LogP) is 0.136. The number of hydrogen-bond donors (Lipinski definition) is 2. The number of methoxy groups -OCH3 is 1. The molecule has 86 valence electrons. The number of amides is 1. The molecule has 3 atom stereocenters. The van der Waals surface area contributed by atoms with Gasteiger partial charge in [0, 0.05) is 26.2 Å². The fourth-order valence-corrected chi connectivity index (χ4v) is 2.33. The molecule has 0 radical (unpaired) electrons. The van der Waals surface area contributed by atoms with E-state index in [9.17, 15) is 4.79 Å². The number of nitrogens with one attached hydrogen (secondary N) is 2. The van der Waals surface area contributed by atoms with Gasteiger partial charge < -0.3 is 15.4 Å². The minimum atomic E-state index is -0.662. The second-order valence-corrected chi connectivity index (χ2v) is 4.77.